The lowest BCUT2D eigenvalue weighted by molar-refractivity contribution is 0.600. The SMILES string of the molecule is Cc1cccc(NS(=O)(=O)c2ccccc2C)n1. The van der Waals surface area contributed by atoms with Crippen molar-refractivity contribution in [1.82, 2.24) is 4.98 Å². The highest BCUT2D eigenvalue weighted by Crippen LogP contribution is 2.17. The van der Waals surface area contributed by atoms with E-state index in [0.717, 1.165) is 5.69 Å². The van der Waals surface area contributed by atoms with Gasteiger partial charge < -0.3 is 0 Å². The number of hydrogen-bond acceptors (Lipinski definition) is 3. The first-order chi connectivity index (χ1) is 8.49. The summed E-state index contributed by atoms with van der Waals surface area (Å²) in [7, 11) is -3.57. The van der Waals surface area contributed by atoms with Crippen LogP contribution in [-0.4, -0.2) is 13.4 Å². The van der Waals surface area contributed by atoms with Gasteiger partial charge in [-0.15, -0.1) is 0 Å². The number of sulfonamides is 1. The molecule has 4 nitrogen and oxygen atoms in total. The minimum Gasteiger partial charge on any atom is -0.263 e. The van der Waals surface area contributed by atoms with E-state index in [0.29, 0.717) is 11.4 Å². The van der Waals surface area contributed by atoms with Crippen molar-refractivity contribution in [3.8, 4) is 0 Å². The fourth-order valence-electron chi connectivity index (χ4n) is 1.65. The lowest BCUT2D eigenvalue weighted by atomic mass is 10.2. The Morgan fingerprint density at radius 1 is 1.00 bits per heavy atom. The summed E-state index contributed by atoms with van der Waals surface area (Å²) in [5.74, 6) is 0.332. The molecule has 5 heteroatoms. The van der Waals surface area contributed by atoms with Gasteiger partial charge in [-0.25, -0.2) is 13.4 Å². The highest BCUT2D eigenvalue weighted by molar-refractivity contribution is 7.92. The minimum absolute atomic E-state index is 0.272. The molecule has 18 heavy (non-hydrogen) atoms. The predicted molar refractivity (Wildman–Crippen MR) is 71.0 cm³/mol. The van der Waals surface area contributed by atoms with Gasteiger partial charge in [-0.1, -0.05) is 24.3 Å². The van der Waals surface area contributed by atoms with Gasteiger partial charge in [0.2, 0.25) is 0 Å². The van der Waals surface area contributed by atoms with Gasteiger partial charge >= 0.3 is 0 Å². The quantitative estimate of drug-likeness (QED) is 0.924. The molecule has 0 aliphatic carbocycles. The zero-order valence-electron chi connectivity index (χ0n) is 10.2. The van der Waals surface area contributed by atoms with Crippen LogP contribution in [0.1, 0.15) is 11.3 Å². The average Bonchev–Trinajstić information content (AvgIpc) is 2.28. The van der Waals surface area contributed by atoms with Gasteiger partial charge in [0.15, 0.2) is 0 Å². The smallest absolute Gasteiger partial charge is 0.263 e. The molecule has 0 saturated heterocycles. The van der Waals surface area contributed by atoms with Gasteiger partial charge in [0.1, 0.15) is 5.82 Å². The molecule has 0 amide bonds. The molecule has 0 saturated carbocycles. The molecule has 0 aliphatic heterocycles. The topological polar surface area (TPSA) is 59.1 Å². The van der Waals surface area contributed by atoms with Gasteiger partial charge in [-0.05, 0) is 37.6 Å². The molecule has 0 fully saturated rings. The van der Waals surface area contributed by atoms with E-state index in [-0.39, 0.29) is 4.90 Å². The molecule has 2 aromatic rings. The van der Waals surface area contributed by atoms with E-state index in [1.54, 1.807) is 43.3 Å². The van der Waals surface area contributed by atoms with Gasteiger partial charge in [-0.3, -0.25) is 4.72 Å². The molecule has 94 valence electrons. The van der Waals surface area contributed by atoms with Crippen LogP contribution in [0.25, 0.3) is 0 Å². The standard InChI is InChI=1S/C13H14N2O2S/c1-10-6-3-4-8-12(10)18(16,17)15-13-9-5-7-11(2)14-13/h3-9H,1-2H3,(H,14,15). The summed E-state index contributed by atoms with van der Waals surface area (Å²) in [6.07, 6.45) is 0. The molecule has 0 bridgehead atoms. The Morgan fingerprint density at radius 3 is 2.39 bits per heavy atom. The molecule has 1 aromatic heterocycles. The van der Waals surface area contributed by atoms with E-state index in [9.17, 15) is 8.42 Å². The van der Waals surface area contributed by atoms with E-state index in [4.69, 9.17) is 0 Å². The number of aromatic nitrogens is 1. The highest BCUT2D eigenvalue weighted by atomic mass is 32.2. The molecule has 0 radical (unpaired) electrons. The molecular weight excluding hydrogens is 248 g/mol. The first kappa shape index (κ1) is 12.6. The van der Waals surface area contributed by atoms with Crippen LogP contribution in [0.2, 0.25) is 0 Å². The van der Waals surface area contributed by atoms with Crippen LogP contribution >= 0.6 is 0 Å². The summed E-state index contributed by atoms with van der Waals surface area (Å²) in [6, 6.07) is 12.0. The van der Waals surface area contributed by atoms with Crippen molar-refractivity contribution in [2.24, 2.45) is 0 Å². The second kappa shape index (κ2) is 4.78. The van der Waals surface area contributed by atoms with E-state index in [1.165, 1.54) is 0 Å². The summed E-state index contributed by atoms with van der Waals surface area (Å²) in [4.78, 5) is 4.39. The first-order valence-electron chi connectivity index (χ1n) is 5.51. The third-order valence-corrected chi connectivity index (χ3v) is 4.03. The molecular formula is C13H14N2O2S. The van der Waals surface area contributed by atoms with Crippen molar-refractivity contribution in [2.45, 2.75) is 18.7 Å². The van der Waals surface area contributed by atoms with Crippen molar-refractivity contribution in [3.05, 3.63) is 53.7 Å². The zero-order valence-corrected chi connectivity index (χ0v) is 11.0. The number of nitrogens with one attached hydrogen (secondary N) is 1. The lowest BCUT2D eigenvalue weighted by Crippen LogP contribution is -2.15. The molecule has 1 heterocycles. The van der Waals surface area contributed by atoms with Crippen LogP contribution in [0.15, 0.2) is 47.4 Å². The monoisotopic (exact) mass is 262 g/mol. The molecule has 0 unspecified atom stereocenters. The number of hydrogen-bond donors (Lipinski definition) is 1. The maximum absolute atomic E-state index is 12.2. The number of benzene rings is 1. The Balaban J connectivity index is 2.37. The fraction of sp³-hybridized carbons (Fsp3) is 0.154. The summed E-state index contributed by atoms with van der Waals surface area (Å²) >= 11 is 0. The van der Waals surface area contributed by atoms with Crippen molar-refractivity contribution in [3.63, 3.8) is 0 Å². The van der Waals surface area contributed by atoms with Crippen molar-refractivity contribution >= 4 is 15.8 Å². The number of rotatable bonds is 3. The molecule has 1 aromatic carbocycles. The van der Waals surface area contributed by atoms with E-state index in [2.05, 4.69) is 9.71 Å². The van der Waals surface area contributed by atoms with Crippen LogP contribution in [0.4, 0.5) is 5.82 Å². The van der Waals surface area contributed by atoms with Crippen LogP contribution in [0.5, 0.6) is 0 Å². The van der Waals surface area contributed by atoms with Crippen LogP contribution in [0, 0.1) is 13.8 Å². The highest BCUT2D eigenvalue weighted by Gasteiger charge is 2.16. The Hall–Kier alpha value is -1.88. The molecule has 1 N–H and O–H groups in total. The minimum atomic E-state index is -3.57. The second-order valence-corrected chi connectivity index (χ2v) is 5.69. The Morgan fingerprint density at radius 2 is 1.72 bits per heavy atom. The maximum Gasteiger partial charge on any atom is 0.263 e. The van der Waals surface area contributed by atoms with Crippen LogP contribution in [-0.2, 0) is 10.0 Å². The Bertz CT molecular complexity index is 666. The van der Waals surface area contributed by atoms with E-state index >= 15 is 0 Å². The Kier molecular flexibility index (Phi) is 3.34. The molecule has 0 atom stereocenters. The fourth-order valence-corrected chi connectivity index (χ4v) is 2.90. The maximum atomic E-state index is 12.2. The van der Waals surface area contributed by atoms with E-state index in [1.807, 2.05) is 13.0 Å². The van der Waals surface area contributed by atoms with Gasteiger partial charge in [0, 0.05) is 5.69 Å². The number of nitrogens with zero attached hydrogens (tertiary/aromatic N) is 1. The lowest BCUT2D eigenvalue weighted by Gasteiger charge is -2.09. The molecule has 0 spiro atoms. The normalized spacial score (nSPS) is 11.2. The third-order valence-electron chi connectivity index (χ3n) is 2.51. The summed E-state index contributed by atoms with van der Waals surface area (Å²) < 4.78 is 26.8. The second-order valence-electron chi connectivity index (χ2n) is 4.04. The summed E-state index contributed by atoms with van der Waals surface area (Å²) in [5, 5.41) is 0. The molecule has 0 aliphatic rings. The van der Waals surface area contributed by atoms with Crippen LogP contribution in [0.3, 0.4) is 0 Å². The average molecular weight is 262 g/mol. The summed E-state index contributed by atoms with van der Waals surface area (Å²) in [6.45, 7) is 3.57. The first-order valence-corrected chi connectivity index (χ1v) is 6.99. The van der Waals surface area contributed by atoms with Crippen LogP contribution < -0.4 is 4.72 Å². The third kappa shape index (κ3) is 2.68. The summed E-state index contributed by atoms with van der Waals surface area (Å²) in [5.41, 5.74) is 1.47. The van der Waals surface area contributed by atoms with E-state index < -0.39 is 10.0 Å². The van der Waals surface area contributed by atoms with Crippen molar-refractivity contribution in [1.29, 1.82) is 0 Å². The predicted octanol–water partition coefficient (Wildman–Crippen LogP) is 2.50. The number of anilines is 1. The van der Waals surface area contributed by atoms with Gasteiger partial charge in [0.25, 0.3) is 10.0 Å². The number of aryl methyl sites for hydroxylation is 2. The Labute approximate surface area is 107 Å². The molecule has 2 rings (SSSR count). The van der Waals surface area contributed by atoms with Crippen molar-refractivity contribution in [2.75, 3.05) is 4.72 Å². The zero-order chi connectivity index (χ0) is 13.2. The number of pyridine rings is 1. The van der Waals surface area contributed by atoms with Gasteiger partial charge in [0.05, 0.1) is 4.90 Å². The van der Waals surface area contributed by atoms with Gasteiger partial charge in [-0.2, -0.15) is 0 Å². The van der Waals surface area contributed by atoms with Crippen molar-refractivity contribution < 1.29 is 8.42 Å². The largest absolute Gasteiger partial charge is 0.263 e.